The molecule has 1 rings (SSSR count). The van der Waals surface area contributed by atoms with Gasteiger partial charge in [-0.3, -0.25) is 0 Å². The van der Waals surface area contributed by atoms with Crippen LogP contribution in [0.15, 0.2) is 12.1 Å². The van der Waals surface area contributed by atoms with Crippen molar-refractivity contribution in [1.82, 2.24) is 10.2 Å². The van der Waals surface area contributed by atoms with E-state index < -0.39 is 0 Å². The van der Waals surface area contributed by atoms with Gasteiger partial charge in [0.25, 0.3) is 0 Å². The van der Waals surface area contributed by atoms with Crippen molar-refractivity contribution in [3.63, 3.8) is 0 Å². The molecule has 0 aliphatic carbocycles. The minimum Gasteiger partial charge on any atom is -0.309 e. The van der Waals surface area contributed by atoms with Crippen LogP contribution in [0.1, 0.15) is 42.1 Å². The highest BCUT2D eigenvalue weighted by molar-refractivity contribution is 5.39. The number of rotatable bonds is 6. The van der Waals surface area contributed by atoms with Crippen LogP contribution < -0.4 is 5.32 Å². The van der Waals surface area contributed by atoms with Crippen molar-refractivity contribution in [2.45, 2.75) is 40.7 Å². The average molecular weight is 248 g/mol. The minimum absolute atomic E-state index is 0.427. The normalized spacial score (nSPS) is 13.1. The number of hydrogen-bond acceptors (Lipinski definition) is 2. The zero-order chi connectivity index (χ0) is 13.7. The first-order chi connectivity index (χ1) is 8.45. The van der Waals surface area contributed by atoms with Crippen molar-refractivity contribution >= 4 is 0 Å². The zero-order valence-electron chi connectivity index (χ0n) is 12.8. The van der Waals surface area contributed by atoms with Crippen molar-refractivity contribution in [2.24, 2.45) is 0 Å². The van der Waals surface area contributed by atoms with Gasteiger partial charge in [-0.2, -0.15) is 0 Å². The highest BCUT2D eigenvalue weighted by atomic mass is 15.1. The molecule has 0 spiro atoms. The third kappa shape index (κ3) is 4.11. The Morgan fingerprint density at radius 3 is 2.22 bits per heavy atom. The Kier molecular flexibility index (Phi) is 5.83. The molecule has 1 unspecified atom stereocenters. The molecule has 0 aliphatic heterocycles. The second-order valence-corrected chi connectivity index (χ2v) is 5.38. The van der Waals surface area contributed by atoms with E-state index in [4.69, 9.17) is 0 Å². The van der Waals surface area contributed by atoms with Crippen LogP contribution in [0.25, 0.3) is 0 Å². The number of aryl methyl sites for hydroxylation is 3. The average Bonchev–Trinajstić information content (AvgIpc) is 2.27. The Morgan fingerprint density at radius 2 is 1.72 bits per heavy atom. The predicted octanol–water partition coefficient (Wildman–Crippen LogP) is 3.21. The maximum Gasteiger partial charge on any atom is 0.0297 e. The molecule has 2 heteroatoms. The molecule has 0 bridgehead atoms. The Bertz CT molecular complexity index is 362. The maximum absolute atomic E-state index is 3.62. The molecule has 0 heterocycles. The van der Waals surface area contributed by atoms with E-state index in [2.05, 4.69) is 64.0 Å². The van der Waals surface area contributed by atoms with E-state index in [1.165, 1.54) is 22.3 Å². The van der Waals surface area contributed by atoms with E-state index in [1.54, 1.807) is 0 Å². The summed E-state index contributed by atoms with van der Waals surface area (Å²) in [6, 6.07) is 4.98. The van der Waals surface area contributed by atoms with Gasteiger partial charge < -0.3 is 10.2 Å². The molecule has 0 saturated carbocycles. The second kappa shape index (κ2) is 6.91. The largest absolute Gasteiger partial charge is 0.309 e. The number of hydrogen-bond donors (Lipinski definition) is 1. The smallest absolute Gasteiger partial charge is 0.0297 e. The summed E-state index contributed by atoms with van der Waals surface area (Å²) in [4.78, 5) is 2.33. The van der Waals surface area contributed by atoms with Crippen LogP contribution in [0, 0.1) is 20.8 Å². The lowest BCUT2D eigenvalue weighted by molar-refractivity contribution is 0.342. The molecular formula is C16H28N2. The lowest BCUT2D eigenvalue weighted by Gasteiger charge is -2.21. The van der Waals surface area contributed by atoms with E-state index in [0.29, 0.717) is 6.04 Å². The summed E-state index contributed by atoms with van der Waals surface area (Å²) in [6.45, 7) is 14.3. The van der Waals surface area contributed by atoms with Crippen LogP contribution in [-0.2, 0) is 0 Å². The highest BCUT2D eigenvalue weighted by Crippen LogP contribution is 2.23. The van der Waals surface area contributed by atoms with Crippen LogP contribution in [0.3, 0.4) is 0 Å². The summed E-state index contributed by atoms with van der Waals surface area (Å²) in [5.74, 6) is 0. The minimum atomic E-state index is 0.427. The summed E-state index contributed by atoms with van der Waals surface area (Å²) in [6.07, 6.45) is 0. The standard InChI is InChI=1S/C16H28N2/c1-7-18(6)9-8-17-15(5)16-13(3)10-12(2)11-14(16)4/h10-11,15,17H,7-9H2,1-6H3. The van der Waals surface area contributed by atoms with Gasteiger partial charge in [-0.25, -0.2) is 0 Å². The Hall–Kier alpha value is -0.860. The molecule has 1 atom stereocenters. The highest BCUT2D eigenvalue weighted by Gasteiger charge is 2.11. The van der Waals surface area contributed by atoms with Crippen molar-refractivity contribution in [1.29, 1.82) is 0 Å². The van der Waals surface area contributed by atoms with Gasteiger partial charge in [0, 0.05) is 19.1 Å². The molecule has 2 nitrogen and oxygen atoms in total. The molecule has 1 aromatic rings. The van der Waals surface area contributed by atoms with Gasteiger partial charge >= 0.3 is 0 Å². The molecule has 102 valence electrons. The summed E-state index contributed by atoms with van der Waals surface area (Å²) >= 11 is 0. The van der Waals surface area contributed by atoms with Crippen LogP contribution in [0.2, 0.25) is 0 Å². The third-order valence-electron chi connectivity index (χ3n) is 3.65. The van der Waals surface area contributed by atoms with Gasteiger partial charge in [-0.15, -0.1) is 0 Å². The van der Waals surface area contributed by atoms with Gasteiger partial charge in [0.15, 0.2) is 0 Å². The number of nitrogens with zero attached hydrogens (tertiary/aromatic N) is 1. The predicted molar refractivity (Wildman–Crippen MR) is 80.2 cm³/mol. The lowest BCUT2D eigenvalue weighted by atomic mass is 9.95. The SMILES string of the molecule is CCN(C)CCNC(C)c1c(C)cc(C)cc1C. The van der Waals surface area contributed by atoms with Crippen LogP contribution in [0.4, 0.5) is 0 Å². The van der Waals surface area contributed by atoms with Gasteiger partial charge in [0.1, 0.15) is 0 Å². The molecule has 0 amide bonds. The molecule has 0 radical (unpaired) electrons. The first-order valence-electron chi connectivity index (χ1n) is 6.95. The summed E-state index contributed by atoms with van der Waals surface area (Å²) in [5.41, 5.74) is 5.61. The van der Waals surface area contributed by atoms with E-state index >= 15 is 0 Å². The van der Waals surface area contributed by atoms with E-state index in [0.717, 1.165) is 19.6 Å². The Labute approximate surface area is 112 Å². The fourth-order valence-electron chi connectivity index (χ4n) is 2.61. The van der Waals surface area contributed by atoms with Gasteiger partial charge in [0.05, 0.1) is 0 Å². The first kappa shape index (κ1) is 15.2. The molecular weight excluding hydrogens is 220 g/mol. The molecule has 0 saturated heterocycles. The third-order valence-corrected chi connectivity index (χ3v) is 3.65. The van der Waals surface area contributed by atoms with Gasteiger partial charge in [-0.05, 0) is 58.0 Å². The zero-order valence-corrected chi connectivity index (χ0v) is 12.8. The Morgan fingerprint density at radius 1 is 1.17 bits per heavy atom. The summed E-state index contributed by atoms with van der Waals surface area (Å²) < 4.78 is 0. The fraction of sp³-hybridized carbons (Fsp3) is 0.625. The molecule has 1 N–H and O–H groups in total. The number of benzene rings is 1. The summed E-state index contributed by atoms with van der Waals surface area (Å²) in [7, 11) is 2.16. The Balaban J connectivity index is 2.64. The molecule has 1 aromatic carbocycles. The topological polar surface area (TPSA) is 15.3 Å². The van der Waals surface area contributed by atoms with Gasteiger partial charge in [-0.1, -0.05) is 24.6 Å². The van der Waals surface area contributed by atoms with Crippen molar-refractivity contribution in [3.8, 4) is 0 Å². The van der Waals surface area contributed by atoms with E-state index in [9.17, 15) is 0 Å². The molecule has 0 aromatic heterocycles. The molecule has 0 aliphatic rings. The van der Waals surface area contributed by atoms with Crippen LogP contribution in [0.5, 0.6) is 0 Å². The number of nitrogens with one attached hydrogen (secondary N) is 1. The molecule has 18 heavy (non-hydrogen) atoms. The quantitative estimate of drug-likeness (QED) is 0.831. The van der Waals surface area contributed by atoms with Gasteiger partial charge in [0.2, 0.25) is 0 Å². The van der Waals surface area contributed by atoms with Crippen molar-refractivity contribution in [3.05, 3.63) is 34.4 Å². The van der Waals surface area contributed by atoms with Crippen LogP contribution >= 0.6 is 0 Å². The van der Waals surface area contributed by atoms with E-state index in [1.807, 2.05) is 0 Å². The van der Waals surface area contributed by atoms with Crippen molar-refractivity contribution < 1.29 is 0 Å². The maximum atomic E-state index is 3.62. The van der Waals surface area contributed by atoms with E-state index in [-0.39, 0.29) is 0 Å². The summed E-state index contributed by atoms with van der Waals surface area (Å²) in [5, 5.41) is 3.62. The number of likely N-dealkylation sites (N-methyl/N-ethyl adjacent to an activating group) is 1. The van der Waals surface area contributed by atoms with Crippen molar-refractivity contribution in [2.75, 3.05) is 26.7 Å². The fourth-order valence-corrected chi connectivity index (χ4v) is 2.61. The molecule has 0 fully saturated rings. The second-order valence-electron chi connectivity index (χ2n) is 5.38. The van der Waals surface area contributed by atoms with Crippen LogP contribution in [-0.4, -0.2) is 31.6 Å². The first-order valence-corrected chi connectivity index (χ1v) is 6.95. The lowest BCUT2D eigenvalue weighted by Crippen LogP contribution is -2.31. The monoisotopic (exact) mass is 248 g/mol.